The van der Waals surface area contributed by atoms with Crippen molar-refractivity contribution in [3.05, 3.63) is 0 Å². The van der Waals surface area contributed by atoms with E-state index in [1.165, 1.54) is 64.2 Å². The molecule has 6 nitrogen and oxygen atoms in total. The SMILES string of the molecule is CCCCCCCCCC(O)CC(=O)O.CCCCCCCCCCC(O)C(=O)O. The molecule has 0 aliphatic rings. The number of carbonyl (C=O) groups is 2. The molecule has 2 atom stereocenters. The Hall–Kier alpha value is -1.14. The van der Waals surface area contributed by atoms with E-state index in [-0.39, 0.29) is 6.42 Å². The Morgan fingerprint density at radius 3 is 1.33 bits per heavy atom. The lowest BCUT2D eigenvalue weighted by Gasteiger charge is -2.06. The van der Waals surface area contributed by atoms with Gasteiger partial charge in [-0.15, -0.1) is 0 Å². The van der Waals surface area contributed by atoms with Crippen LogP contribution in [0.1, 0.15) is 129 Å². The number of hydrogen-bond donors (Lipinski definition) is 4. The fourth-order valence-corrected chi connectivity index (χ4v) is 3.24. The zero-order valence-corrected chi connectivity index (χ0v) is 19.5. The Bertz CT molecular complexity index is 386. The van der Waals surface area contributed by atoms with E-state index in [1.54, 1.807) is 0 Å². The van der Waals surface area contributed by atoms with Gasteiger partial charge in [-0.05, 0) is 12.8 Å². The predicted molar refractivity (Wildman–Crippen MR) is 122 cm³/mol. The third-order valence-corrected chi connectivity index (χ3v) is 5.17. The first-order valence-corrected chi connectivity index (χ1v) is 12.2. The molecule has 0 radical (unpaired) electrons. The molecule has 0 bridgehead atoms. The Morgan fingerprint density at radius 2 is 0.967 bits per heavy atom. The van der Waals surface area contributed by atoms with Gasteiger partial charge in [0.05, 0.1) is 12.5 Å². The van der Waals surface area contributed by atoms with Crippen LogP contribution in [0.3, 0.4) is 0 Å². The third kappa shape index (κ3) is 26.9. The summed E-state index contributed by atoms with van der Waals surface area (Å²) < 4.78 is 0. The molecular weight excluding hydrogens is 384 g/mol. The average molecular weight is 433 g/mol. The molecule has 0 spiro atoms. The third-order valence-electron chi connectivity index (χ3n) is 5.17. The Morgan fingerprint density at radius 1 is 0.600 bits per heavy atom. The van der Waals surface area contributed by atoms with Crippen molar-refractivity contribution in [3.63, 3.8) is 0 Å². The normalized spacial score (nSPS) is 12.7. The molecule has 180 valence electrons. The zero-order chi connectivity index (χ0) is 23.0. The molecule has 0 aromatic heterocycles. The molecule has 0 fully saturated rings. The number of hydrogen-bond acceptors (Lipinski definition) is 4. The minimum absolute atomic E-state index is 0.115. The van der Waals surface area contributed by atoms with Gasteiger partial charge in [0.1, 0.15) is 0 Å². The predicted octanol–water partition coefficient (Wildman–Crippen LogP) is 5.93. The summed E-state index contributed by atoms with van der Waals surface area (Å²) in [7, 11) is 0. The maximum atomic E-state index is 10.3. The second kappa shape index (κ2) is 24.1. The molecule has 4 N–H and O–H groups in total. The molecule has 30 heavy (non-hydrogen) atoms. The molecule has 0 saturated carbocycles. The largest absolute Gasteiger partial charge is 0.481 e. The van der Waals surface area contributed by atoms with Crippen molar-refractivity contribution in [2.75, 3.05) is 0 Å². The van der Waals surface area contributed by atoms with Crippen LogP contribution in [0.25, 0.3) is 0 Å². The maximum Gasteiger partial charge on any atom is 0.332 e. The molecule has 0 amide bonds. The molecule has 0 aliphatic heterocycles. The Kier molecular flexibility index (Phi) is 25.0. The molecule has 0 aliphatic carbocycles. The molecule has 0 saturated heterocycles. The van der Waals surface area contributed by atoms with E-state index >= 15 is 0 Å². The molecule has 0 heterocycles. The highest BCUT2D eigenvalue weighted by Gasteiger charge is 2.11. The summed E-state index contributed by atoms with van der Waals surface area (Å²) in [6, 6.07) is 0. The Balaban J connectivity index is 0. The molecule has 2 unspecified atom stereocenters. The highest BCUT2D eigenvalue weighted by atomic mass is 16.4. The monoisotopic (exact) mass is 432 g/mol. The van der Waals surface area contributed by atoms with Crippen LogP contribution in [-0.4, -0.2) is 44.6 Å². The highest BCUT2D eigenvalue weighted by molar-refractivity contribution is 5.71. The molecule has 0 rings (SSSR count). The first-order valence-electron chi connectivity index (χ1n) is 12.2. The summed E-state index contributed by atoms with van der Waals surface area (Å²) in [5, 5.41) is 35.1. The molecule has 6 heteroatoms. The minimum Gasteiger partial charge on any atom is -0.481 e. The van der Waals surface area contributed by atoms with Gasteiger partial charge in [-0.2, -0.15) is 0 Å². The molecule has 0 aromatic rings. The van der Waals surface area contributed by atoms with E-state index < -0.39 is 24.1 Å². The van der Waals surface area contributed by atoms with Crippen LogP contribution in [0, 0.1) is 0 Å². The van der Waals surface area contributed by atoms with Crippen LogP contribution >= 0.6 is 0 Å². The van der Waals surface area contributed by atoms with Crippen molar-refractivity contribution >= 4 is 11.9 Å². The van der Waals surface area contributed by atoms with Gasteiger partial charge in [0.15, 0.2) is 6.10 Å². The van der Waals surface area contributed by atoms with Crippen molar-refractivity contribution in [2.45, 2.75) is 142 Å². The fourth-order valence-electron chi connectivity index (χ4n) is 3.24. The zero-order valence-electron chi connectivity index (χ0n) is 19.5. The summed E-state index contributed by atoms with van der Waals surface area (Å²) in [5.41, 5.74) is 0. The number of rotatable bonds is 20. The number of unbranched alkanes of at least 4 members (excludes halogenated alkanes) is 13. The average Bonchev–Trinajstić information content (AvgIpc) is 2.69. The van der Waals surface area contributed by atoms with Crippen LogP contribution in [0.5, 0.6) is 0 Å². The first-order chi connectivity index (χ1) is 14.3. The fraction of sp³-hybridized carbons (Fsp3) is 0.917. The van der Waals surface area contributed by atoms with Crippen molar-refractivity contribution in [1.82, 2.24) is 0 Å². The van der Waals surface area contributed by atoms with E-state index in [1.807, 2.05) is 0 Å². The van der Waals surface area contributed by atoms with Crippen LogP contribution < -0.4 is 0 Å². The first kappa shape index (κ1) is 31.0. The van der Waals surface area contributed by atoms with Crippen molar-refractivity contribution < 1.29 is 30.0 Å². The van der Waals surface area contributed by atoms with Gasteiger partial charge in [0.25, 0.3) is 0 Å². The number of aliphatic carboxylic acids is 2. The van der Waals surface area contributed by atoms with Crippen molar-refractivity contribution in [3.8, 4) is 0 Å². The number of carboxylic acid groups (broad SMARTS) is 2. The molecule has 0 aromatic carbocycles. The summed E-state index contributed by atoms with van der Waals surface area (Å²) in [4.78, 5) is 20.5. The van der Waals surface area contributed by atoms with Gasteiger partial charge in [0, 0.05) is 0 Å². The maximum absolute atomic E-state index is 10.3. The highest BCUT2D eigenvalue weighted by Crippen LogP contribution is 2.11. The molecular formula is C24H48O6. The van der Waals surface area contributed by atoms with E-state index in [2.05, 4.69) is 13.8 Å². The number of aliphatic hydroxyl groups is 2. The summed E-state index contributed by atoms with van der Waals surface area (Å²) in [6.07, 6.45) is 16.9. The van der Waals surface area contributed by atoms with Crippen molar-refractivity contribution in [2.24, 2.45) is 0 Å². The standard InChI is InChI=1S/2C12H24O3/c1-2-3-4-5-6-7-8-9-11(13)10-12(14)15;1-2-3-4-5-6-7-8-9-10-11(13)12(14)15/h2*11,13H,2-10H2,1H3,(H,14,15). The van der Waals surface area contributed by atoms with E-state index in [4.69, 9.17) is 15.3 Å². The smallest absolute Gasteiger partial charge is 0.332 e. The second-order valence-corrected chi connectivity index (χ2v) is 8.28. The van der Waals surface area contributed by atoms with Crippen LogP contribution in [0.2, 0.25) is 0 Å². The lowest BCUT2D eigenvalue weighted by molar-refractivity contribution is -0.147. The number of aliphatic hydroxyl groups excluding tert-OH is 2. The number of carboxylic acids is 2. The Labute approximate surface area is 184 Å². The van der Waals surface area contributed by atoms with Crippen LogP contribution in [-0.2, 0) is 9.59 Å². The lowest BCUT2D eigenvalue weighted by Crippen LogP contribution is -2.18. The summed E-state index contributed by atoms with van der Waals surface area (Å²) in [6.45, 7) is 4.40. The van der Waals surface area contributed by atoms with Gasteiger partial charge in [0.2, 0.25) is 0 Å². The quantitative estimate of drug-likeness (QED) is 0.177. The van der Waals surface area contributed by atoms with Crippen LogP contribution in [0.4, 0.5) is 0 Å². The van der Waals surface area contributed by atoms with Crippen LogP contribution in [0.15, 0.2) is 0 Å². The van der Waals surface area contributed by atoms with E-state index in [9.17, 15) is 14.7 Å². The van der Waals surface area contributed by atoms with Crippen molar-refractivity contribution in [1.29, 1.82) is 0 Å². The second-order valence-electron chi connectivity index (χ2n) is 8.28. The summed E-state index contributed by atoms with van der Waals surface area (Å²) >= 11 is 0. The summed E-state index contributed by atoms with van der Waals surface area (Å²) in [5.74, 6) is -2.01. The van der Waals surface area contributed by atoms with Gasteiger partial charge in [-0.3, -0.25) is 4.79 Å². The van der Waals surface area contributed by atoms with Gasteiger partial charge in [-0.1, -0.05) is 110 Å². The van der Waals surface area contributed by atoms with E-state index in [0.29, 0.717) is 12.8 Å². The van der Waals surface area contributed by atoms with Gasteiger partial charge < -0.3 is 20.4 Å². The minimum atomic E-state index is -1.16. The van der Waals surface area contributed by atoms with Gasteiger partial charge in [-0.25, -0.2) is 4.79 Å². The van der Waals surface area contributed by atoms with Gasteiger partial charge >= 0.3 is 11.9 Å². The topological polar surface area (TPSA) is 115 Å². The van der Waals surface area contributed by atoms with E-state index in [0.717, 1.165) is 32.1 Å². The lowest BCUT2D eigenvalue weighted by atomic mass is 10.1.